The topological polar surface area (TPSA) is 34.0 Å². The Bertz CT molecular complexity index is 794. The SMILES string of the molecule is O=C(Cn1ccc2ccc(Cl)cc21)Nc1ccc(Cl)cc1. The van der Waals surface area contributed by atoms with Crippen molar-refractivity contribution in [2.75, 3.05) is 5.32 Å². The molecule has 3 rings (SSSR count). The van der Waals surface area contributed by atoms with Crippen LogP contribution < -0.4 is 5.32 Å². The van der Waals surface area contributed by atoms with Gasteiger partial charge in [-0.25, -0.2) is 0 Å². The Kier molecular flexibility index (Phi) is 3.86. The first-order chi connectivity index (χ1) is 10.1. The van der Waals surface area contributed by atoms with Gasteiger partial charge in [-0.05, 0) is 47.9 Å². The van der Waals surface area contributed by atoms with Gasteiger partial charge in [0.05, 0.1) is 0 Å². The lowest BCUT2D eigenvalue weighted by Gasteiger charge is -2.07. The maximum atomic E-state index is 12.1. The fraction of sp³-hybridized carbons (Fsp3) is 0.0625. The third-order valence-corrected chi connectivity index (χ3v) is 3.66. The third-order valence-electron chi connectivity index (χ3n) is 3.18. The molecular weight excluding hydrogens is 307 g/mol. The van der Waals surface area contributed by atoms with Gasteiger partial charge in [-0.3, -0.25) is 4.79 Å². The largest absolute Gasteiger partial charge is 0.338 e. The summed E-state index contributed by atoms with van der Waals surface area (Å²) in [4.78, 5) is 12.1. The second kappa shape index (κ2) is 5.80. The van der Waals surface area contributed by atoms with E-state index >= 15 is 0 Å². The van der Waals surface area contributed by atoms with Crippen molar-refractivity contribution in [3.8, 4) is 0 Å². The fourth-order valence-electron chi connectivity index (χ4n) is 2.18. The summed E-state index contributed by atoms with van der Waals surface area (Å²) in [7, 11) is 0. The van der Waals surface area contributed by atoms with Gasteiger partial charge in [0, 0.05) is 27.4 Å². The Labute approximate surface area is 132 Å². The molecule has 0 aliphatic heterocycles. The number of nitrogens with one attached hydrogen (secondary N) is 1. The number of carbonyl (C=O) groups is 1. The summed E-state index contributed by atoms with van der Waals surface area (Å²) >= 11 is 11.8. The van der Waals surface area contributed by atoms with Gasteiger partial charge in [-0.2, -0.15) is 0 Å². The maximum Gasteiger partial charge on any atom is 0.244 e. The molecule has 0 fully saturated rings. The normalized spacial score (nSPS) is 10.8. The van der Waals surface area contributed by atoms with E-state index < -0.39 is 0 Å². The Morgan fingerprint density at radius 1 is 1.00 bits per heavy atom. The Hall–Kier alpha value is -1.97. The first-order valence-electron chi connectivity index (χ1n) is 6.42. The lowest BCUT2D eigenvalue weighted by atomic mass is 10.2. The molecule has 1 aromatic heterocycles. The van der Waals surface area contributed by atoms with Crippen molar-refractivity contribution in [3.05, 3.63) is 64.8 Å². The molecule has 0 aliphatic rings. The van der Waals surface area contributed by atoms with E-state index in [-0.39, 0.29) is 12.5 Å². The Morgan fingerprint density at radius 2 is 1.71 bits per heavy atom. The van der Waals surface area contributed by atoms with Crippen molar-refractivity contribution in [1.82, 2.24) is 4.57 Å². The maximum absolute atomic E-state index is 12.1. The highest BCUT2D eigenvalue weighted by Crippen LogP contribution is 2.20. The molecule has 0 atom stereocenters. The van der Waals surface area contributed by atoms with Gasteiger partial charge in [0.1, 0.15) is 6.54 Å². The Morgan fingerprint density at radius 3 is 2.48 bits per heavy atom. The molecule has 0 spiro atoms. The van der Waals surface area contributed by atoms with E-state index in [0.29, 0.717) is 10.0 Å². The van der Waals surface area contributed by atoms with Crippen LogP contribution in [0.15, 0.2) is 54.7 Å². The van der Waals surface area contributed by atoms with E-state index in [0.717, 1.165) is 16.6 Å². The number of benzene rings is 2. The molecule has 0 saturated carbocycles. The van der Waals surface area contributed by atoms with Crippen LogP contribution in [0.4, 0.5) is 5.69 Å². The van der Waals surface area contributed by atoms with Gasteiger partial charge in [0.15, 0.2) is 0 Å². The highest BCUT2D eigenvalue weighted by Gasteiger charge is 2.07. The van der Waals surface area contributed by atoms with E-state index in [4.69, 9.17) is 23.2 Å². The number of hydrogen-bond acceptors (Lipinski definition) is 1. The number of rotatable bonds is 3. The summed E-state index contributed by atoms with van der Waals surface area (Å²) in [6, 6.07) is 14.6. The molecule has 1 amide bonds. The summed E-state index contributed by atoms with van der Waals surface area (Å²) < 4.78 is 1.87. The van der Waals surface area contributed by atoms with Crippen molar-refractivity contribution in [2.24, 2.45) is 0 Å². The average molecular weight is 319 g/mol. The van der Waals surface area contributed by atoms with Crippen LogP contribution in [0.2, 0.25) is 10.0 Å². The Balaban J connectivity index is 1.77. The lowest BCUT2D eigenvalue weighted by Crippen LogP contribution is -2.18. The molecule has 1 N–H and O–H groups in total. The predicted octanol–water partition coefficient (Wildman–Crippen LogP) is 4.59. The predicted molar refractivity (Wildman–Crippen MR) is 87.0 cm³/mol. The van der Waals surface area contributed by atoms with Crippen molar-refractivity contribution < 1.29 is 4.79 Å². The molecule has 0 unspecified atom stereocenters. The molecule has 3 aromatic rings. The highest BCUT2D eigenvalue weighted by atomic mass is 35.5. The second-order valence-corrected chi connectivity index (χ2v) is 5.57. The summed E-state index contributed by atoms with van der Waals surface area (Å²) in [5.74, 6) is -0.102. The number of aromatic nitrogens is 1. The van der Waals surface area contributed by atoms with Gasteiger partial charge in [-0.15, -0.1) is 0 Å². The fourth-order valence-corrected chi connectivity index (χ4v) is 2.48. The third kappa shape index (κ3) is 3.20. The van der Waals surface area contributed by atoms with Gasteiger partial charge in [0.2, 0.25) is 5.91 Å². The van der Waals surface area contributed by atoms with E-state index in [1.807, 2.05) is 35.0 Å². The summed E-state index contributed by atoms with van der Waals surface area (Å²) in [6.45, 7) is 0.229. The van der Waals surface area contributed by atoms with E-state index in [2.05, 4.69) is 5.32 Å². The minimum atomic E-state index is -0.102. The summed E-state index contributed by atoms with van der Waals surface area (Å²) in [5, 5.41) is 5.18. The highest BCUT2D eigenvalue weighted by molar-refractivity contribution is 6.31. The van der Waals surface area contributed by atoms with Gasteiger partial charge < -0.3 is 9.88 Å². The van der Waals surface area contributed by atoms with Crippen molar-refractivity contribution in [2.45, 2.75) is 6.54 Å². The first-order valence-corrected chi connectivity index (χ1v) is 7.17. The number of fused-ring (bicyclic) bond motifs is 1. The molecule has 1 heterocycles. The van der Waals surface area contributed by atoms with Crippen LogP contribution in [0.1, 0.15) is 0 Å². The number of amides is 1. The zero-order valence-electron chi connectivity index (χ0n) is 11.0. The standard InChI is InChI=1S/C16H12Cl2N2O/c17-12-3-5-14(6-4-12)19-16(21)10-20-8-7-11-1-2-13(18)9-15(11)20/h1-9H,10H2,(H,19,21). The van der Waals surface area contributed by atoms with Crippen LogP contribution in [0, 0.1) is 0 Å². The van der Waals surface area contributed by atoms with Crippen LogP contribution in [0.3, 0.4) is 0 Å². The monoisotopic (exact) mass is 318 g/mol. The molecule has 21 heavy (non-hydrogen) atoms. The smallest absolute Gasteiger partial charge is 0.244 e. The van der Waals surface area contributed by atoms with Crippen molar-refractivity contribution in [3.63, 3.8) is 0 Å². The van der Waals surface area contributed by atoms with Crippen molar-refractivity contribution in [1.29, 1.82) is 0 Å². The molecule has 2 aromatic carbocycles. The first kappa shape index (κ1) is 14.0. The number of carbonyl (C=O) groups excluding carboxylic acids is 1. The van der Waals surface area contributed by atoms with Crippen LogP contribution in [0.5, 0.6) is 0 Å². The minimum absolute atomic E-state index is 0.102. The zero-order valence-corrected chi connectivity index (χ0v) is 12.5. The summed E-state index contributed by atoms with van der Waals surface area (Å²) in [6.07, 6.45) is 1.88. The second-order valence-electron chi connectivity index (χ2n) is 4.70. The molecule has 106 valence electrons. The van der Waals surface area contributed by atoms with Crippen LogP contribution >= 0.6 is 23.2 Å². The molecule has 0 saturated heterocycles. The molecular formula is C16H12Cl2N2O. The number of anilines is 1. The quantitative estimate of drug-likeness (QED) is 0.753. The van der Waals surface area contributed by atoms with Crippen molar-refractivity contribution >= 4 is 45.7 Å². The van der Waals surface area contributed by atoms with Crippen LogP contribution in [-0.2, 0) is 11.3 Å². The van der Waals surface area contributed by atoms with Crippen LogP contribution in [0.25, 0.3) is 10.9 Å². The molecule has 0 aliphatic carbocycles. The van der Waals surface area contributed by atoms with E-state index in [1.54, 1.807) is 24.3 Å². The molecule has 0 bridgehead atoms. The number of nitrogens with zero attached hydrogens (tertiary/aromatic N) is 1. The summed E-state index contributed by atoms with van der Waals surface area (Å²) in [5.41, 5.74) is 1.66. The average Bonchev–Trinajstić information content (AvgIpc) is 2.84. The van der Waals surface area contributed by atoms with Gasteiger partial charge in [-0.1, -0.05) is 29.3 Å². The zero-order chi connectivity index (χ0) is 14.8. The molecule has 0 radical (unpaired) electrons. The molecule has 5 heteroatoms. The number of halogens is 2. The lowest BCUT2D eigenvalue weighted by molar-refractivity contribution is -0.116. The molecule has 3 nitrogen and oxygen atoms in total. The van der Waals surface area contributed by atoms with Crippen LogP contribution in [-0.4, -0.2) is 10.5 Å². The number of hydrogen-bond donors (Lipinski definition) is 1. The van der Waals surface area contributed by atoms with Gasteiger partial charge in [0.25, 0.3) is 0 Å². The van der Waals surface area contributed by atoms with E-state index in [1.165, 1.54) is 0 Å². The van der Waals surface area contributed by atoms with Gasteiger partial charge >= 0.3 is 0 Å². The van der Waals surface area contributed by atoms with E-state index in [9.17, 15) is 4.79 Å². The minimum Gasteiger partial charge on any atom is -0.338 e.